The van der Waals surface area contributed by atoms with Crippen LogP contribution in [0, 0.1) is 0 Å². The molecule has 0 unspecified atom stereocenters. The van der Waals surface area contributed by atoms with E-state index in [9.17, 15) is 8.42 Å². The minimum absolute atomic E-state index is 0.179. The zero-order valence-electron chi connectivity index (χ0n) is 11.8. The highest BCUT2D eigenvalue weighted by Gasteiger charge is 2.16. The van der Waals surface area contributed by atoms with Gasteiger partial charge in [0.15, 0.2) is 0 Å². The maximum atomic E-state index is 12.2. The van der Waals surface area contributed by atoms with E-state index in [0.29, 0.717) is 4.21 Å². The summed E-state index contributed by atoms with van der Waals surface area (Å²) in [4.78, 5) is 4.34. The molecule has 0 spiro atoms. The Bertz CT molecular complexity index is 870. The number of hydrogen-bond donors (Lipinski definition) is 1. The zero-order chi connectivity index (χ0) is 15.6. The topological polar surface area (TPSA) is 76.9 Å². The summed E-state index contributed by atoms with van der Waals surface area (Å²) in [5.41, 5.74) is 2.38. The molecule has 1 N–H and O–H groups in total. The molecule has 3 heterocycles. The average Bonchev–Trinajstić information content (AvgIpc) is 3.17. The fraction of sp³-hybridized carbons (Fsp3) is 0.143. The quantitative estimate of drug-likeness (QED) is 0.774. The van der Waals surface area contributed by atoms with Crippen molar-refractivity contribution in [3.05, 3.63) is 53.8 Å². The molecular formula is C14H14N4O2S2. The van der Waals surface area contributed by atoms with Crippen molar-refractivity contribution in [1.82, 2.24) is 19.5 Å². The Labute approximate surface area is 132 Å². The lowest BCUT2D eigenvalue weighted by Gasteiger charge is -2.08. The summed E-state index contributed by atoms with van der Waals surface area (Å²) in [6.07, 6.45) is 5.23. The fourth-order valence-electron chi connectivity index (χ4n) is 2.04. The zero-order valence-corrected chi connectivity index (χ0v) is 13.4. The Hall–Kier alpha value is -2.03. The van der Waals surface area contributed by atoms with Crippen LogP contribution in [0.2, 0.25) is 0 Å². The van der Waals surface area contributed by atoms with Gasteiger partial charge < -0.3 is 0 Å². The van der Waals surface area contributed by atoms with E-state index in [0.717, 1.165) is 16.8 Å². The maximum Gasteiger partial charge on any atom is 0.250 e. The number of nitrogens with zero attached hydrogens (tertiary/aromatic N) is 3. The van der Waals surface area contributed by atoms with Gasteiger partial charge in [0, 0.05) is 31.5 Å². The van der Waals surface area contributed by atoms with Crippen molar-refractivity contribution in [2.24, 2.45) is 7.05 Å². The lowest BCUT2D eigenvalue weighted by atomic mass is 10.1. The molecule has 3 aromatic heterocycles. The van der Waals surface area contributed by atoms with Crippen molar-refractivity contribution >= 4 is 21.4 Å². The Morgan fingerprint density at radius 3 is 2.86 bits per heavy atom. The molecule has 3 aromatic rings. The van der Waals surface area contributed by atoms with Gasteiger partial charge in [-0.2, -0.15) is 5.10 Å². The van der Waals surface area contributed by atoms with Gasteiger partial charge in [0.2, 0.25) is 10.0 Å². The highest BCUT2D eigenvalue weighted by Crippen LogP contribution is 2.21. The third-order valence-corrected chi connectivity index (χ3v) is 5.88. The van der Waals surface area contributed by atoms with Gasteiger partial charge >= 0.3 is 0 Å². The molecule has 0 fully saturated rings. The van der Waals surface area contributed by atoms with Crippen molar-refractivity contribution in [3.8, 4) is 11.3 Å². The summed E-state index contributed by atoms with van der Waals surface area (Å²) in [6, 6.07) is 6.93. The lowest BCUT2D eigenvalue weighted by molar-refractivity contribution is 0.583. The van der Waals surface area contributed by atoms with Crippen molar-refractivity contribution in [1.29, 1.82) is 0 Å². The van der Waals surface area contributed by atoms with Crippen LogP contribution in [0.5, 0.6) is 0 Å². The van der Waals surface area contributed by atoms with Gasteiger partial charge in [0.1, 0.15) is 4.21 Å². The van der Waals surface area contributed by atoms with Gasteiger partial charge in [-0.05, 0) is 23.1 Å². The van der Waals surface area contributed by atoms with Crippen LogP contribution in [-0.2, 0) is 23.6 Å². The second kappa shape index (κ2) is 5.99. The van der Waals surface area contributed by atoms with Crippen LogP contribution < -0.4 is 4.72 Å². The van der Waals surface area contributed by atoms with E-state index < -0.39 is 10.0 Å². The molecule has 0 radical (unpaired) electrons. The first-order chi connectivity index (χ1) is 10.6. The van der Waals surface area contributed by atoms with Crippen LogP contribution in [0.15, 0.2) is 52.4 Å². The van der Waals surface area contributed by atoms with E-state index in [1.807, 2.05) is 19.3 Å². The summed E-state index contributed by atoms with van der Waals surface area (Å²) in [6.45, 7) is 0.179. The third kappa shape index (κ3) is 3.08. The highest BCUT2D eigenvalue weighted by molar-refractivity contribution is 7.91. The number of nitrogens with one attached hydrogen (secondary N) is 1. The molecule has 0 aliphatic carbocycles. The predicted octanol–water partition coefficient (Wildman–Crippen LogP) is 2.02. The number of sulfonamides is 1. The van der Waals surface area contributed by atoms with Crippen LogP contribution in [0.25, 0.3) is 11.3 Å². The van der Waals surface area contributed by atoms with Crippen molar-refractivity contribution in [2.45, 2.75) is 10.8 Å². The maximum absolute atomic E-state index is 12.2. The Morgan fingerprint density at radius 2 is 2.18 bits per heavy atom. The largest absolute Gasteiger partial charge is 0.275 e. The summed E-state index contributed by atoms with van der Waals surface area (Å²) in [5.74, 6) is 0. The van der Waals surface area contributed by atoms with E-state index in [-0.39, 0.29) is 6.54 Å². The van der Waals surface area contributed by atoms with Crippen LogP contribution in [0.4, 0.5) is 0 Å². The molecule has 0 saturated carbocycles. The summed E-state index contributed by atoms with van der Waals surface area (Å²) >= 11 is 1.19. The monoisotopic (exact) mass is 334 g/mol. The molecule has 0 bridgehead atoms. The standard InChI is InChI=1S/C14H14N4O2S2/c1-18-10-12(8-16-18)14-11(4-2-6-15-14)9-17-22(19,20)13-5-3-7-21-13/h2-8,10,17H,9H2,1H3. The number of rotatable bonds is 5. The van der Waals surface area contributed by atoms with Crippen molar-refractivity contribution in [2.75, 3.05) is 0 Å². The molecule has 3 rings (SSSR count). The molecule has 114 valence electrons. The van der Waals surface area contributed by atoms with Gasteiger partial charge in [-0.15, -0.1) is 11.3 Å². The Kier molecular flexibility index (Phi) is 4.06. The first-order valence-corrected chi connectivity index (χ1v) is 8.88. The number of aryl methyl sites for hydroxylation is 1. The minimum Gasteiger partial charge on any atom is -0.275 e. The van der Waals surface area contributed by atoms with E-state index in [1.54, 1.807) is 40.7 Å². The van der Waals surface area contributed by atoms with Crippen LogP contribution >= 0.6 is 11.3 Å². The molecule has 0 aliphatic heterocycles. The second-order valence-electron chi connectivity index (χ2n) is 4.67. The summed E-state index contributed by atoms with van der Waals surface area (Å²) in [5, 5.41) is 5.86. The van der Waals surface area contributed by atoms with Gasteiger partial charge in [-0.25, -0.2) is 13.1 Å². The predicted molar refractivity (Wildman–Crippen MR) is 84.8 cm³/mol. The highest BCUT2D eigenvalue weighted by atomic mass is 32.2. The van der Waals surface area contributed by atoms with Crippen LogP contribution in [0.3, 0.4) is 0 Å². The van der Waals surface area contributed by atoms with E-state index >= 15 is 0 Å². The second-order valence-corrected chi connectivity index (χ2v) is 7.61. The number of thiophene rings is 1. The molecule has 8 heteroatoms. The third-order valence-electron chi connectivity index (χ3n) is 3.08. The van der Waals surface area contributed by atoms with E-state index in [2.05, 4.69) is 14.8 Å². The van der Waals surface area contributed by atoms with Crippen molar-refractivity contribution in [3.63, 3.8) is 0 Å². The number of hydrogen-bond acceptors (Lipinski definition) is 5. The van der Waals surface area contributed by atoms with E-state index in [4.69, 9.17) is 0 Å². The van der Waals surface area contributed by atoms with Gasteiger partial charge in [0.05, 0.1) is 11.9 Å². The van der Waals surface area contributed by atoms with E-state index in [1.165, 1.54) is 11.3 Å². The number of aromatic nitrogens is 3. The van der Waals surface area contributed by atoms with Gasteiger partial charge in [0.25, 0.3) is 0 Å². The Morgan fingerprint density at radius 1 is 1.32 bits per heavy atom. The molecule has 0 atom stereocenters. The summed E-state index contributed by atoms with van der Waals surface area (Å²) < 4.78 is 29.0. The summed E-state index contributed by atoms with van der Waals surface area (Å²) in [7, 11) is -1.66. The van der Waals surface area contributed by atoms with Gasteiger partial charge in [-0.3, -0.25) is 9.67 Å². The van der Waals surface area contributed by atoms with Crippen LogP contribution in [-0.4, -0.2) is 23.2 Å². The molecule has 0 saturated heterocycles. The smallest absolute Gasteiger partial charge is 0.250 e. The van der Waals surface area contributed by atoms with Crippen LogP contribution in [0.1, 0.15) is 5.56 Å². The SMILES string of the molecule is Cn1cc(-c2ncccc2CNS(=O)(=O)c2cccs2)cn1. The molecule has 0 aliphatic rings. The fourth-order valence-corrected chi connectivity index (χ4v) is 4.09. The number of pyridine rings is 1. The average molecular weight is 334 g/mol. The lowest BCUT2D eigenvalue weighted by Crippen LogP contribution is -2.22. The normalized spacial score (nSPS) is 11.7. The van der Waals surface area contributed by atoms with Gasteiger partial charge in [-0.1, -0.05) is 12.1 Å². The first-order valence-electron chi connectivity index (χ1n) is 6.52. The molecule has 6 nitrogen and oxygen atoms in total. The Balaban J connectivity index is 1.85. The molecule has 0 aromatic carbocycles. The van der Waals surface area contributed by atoms with Crippen molar-refractivity contribution < 1.29 is 8.42 Å². The first kappa shape index (κ1) is 14.9. The molecule has 22 heavy (non-hydrogen) atoms. The minimum atomic E-state index is -3.49. The molecular weight excluding hydrogens is 320 g/mol. The molecule has 0 amide bonds.